The maximum Gasteiger partial charge on any atom is 0.303 e. The first-order chi connectivity index (χ1) is 12.1. The third kappa shape index (κ3) is 4.08. The Bertz CT molecular complexity index is 784. The fourth-order valence-corrected chi connectivity index (χ4v) is 3.21. The number of aliphatic carboxylic acids is 1. The number of nitrogens with zero attached hydrogens (tertiary/aromatic N) is 2. The Kier molecular flexibility index (Phi) is 5.50. The molecule has 3 rings (SSSR count). The fraction of sp³-hybridized carbons (Fsp3) is 0.389. The summed E-state index contributed by atoms with van der Waals surface area (Å²) < 4.78 is 1.46. The van der Waals surface area contributed by atoms with Crippen LogP contribution in [0.2, 0.25) is 5.02 Å². The number of halogens is 1. The molecular weight excluding hydrogens is 342 g/mol. The van der Waals surface area contributed by atoms with Crippen molar-refractivity contribution in [3.63, 3.8) is 0 Å². The van der Waals surface area contributed by atoms with Gasteiger partial charge in [-0.05, 0) is 31.5 Å². The molecule has 0 aliphatic carbocycles. The van der Waals surface area contributed by atoms with Crippen molar-refractivity contribution in [2.75, 3.05) is 13.1 Å². The van der Waals surface area contributed by atoms with E-state index < -0.39 is 5.97 Å². The molecule has 0 atom stereocenters. The van der Waals surface area contributed by atoms with Gasteiger partial charge in [-0.3, -0.25) is 9.59 Å². The van der Waals surface area contributed by atoms with E-state index in [-0.39, 0.29) is 18.7 Å². The molecule has 132 valence electrons. The average molecular weight is 362 g/mol. The summed E-state index contributed by atoms with van der Waals surface area (Å²) in [5, 5.41) is 17.3. The van der Waals surface area contributed by atoms with E-state index in [1.165, 1.54) is 4.68 Å². The number of carboxylic acid groups (broad SMARTS) is 1. The standard InChI is InChI=1S/C18H20ClN3O3/c19-13-6-4-12(5-7-13)18-14-8-10-20-11-9-15(14)21-22(18)16(23)2-1-3-17(24)25/h4-7,20H,1-3,8-11H2,(H,24,25). The van der Waals surface area contributed by atoms with Gasteiger partial charge in [0.1, 0.15) is 0 Å². The zero-order valence-corrected chi connectivity index (χ0v) is 14.6. The number of hydrogen-bond donors (Lipinski definition) is 2. The van der Waals surface area contributed by atoms with Crippen LogP contribution in [0.15, 0.2) is 24.3 Å². The molecule has 0 unspecified atom stereocenters. The second-order valence-corrected chi connectivity index (χ2v) is 6.52. The van der Waals surface area contributed by atoms with Crippen LogP contribution < -0.4 is 5.32 Å². The van der Waals surface area contributed by atoms with Gasteiger partial charge in [-0.1, -0.05) is 23.7 Å². The van der Waals surface area contributed by atoms with Crippen LogP contribution in [-0.4, -0.2) is 39.9 Å². The van der Waals surface area contributed by atoms with Gasteiger partial charge in [0, 0.05) is 42.0 Å². The molecule has 1 aromatic carbocycles. The first kappa shape index (κ1) is 17.6. The second kappa shape index (κ2) is 7.80. The highest BCUT2D eigenvalue weighted by Crippen LogP contribution is 2.29. The highest BCUT2D eigenvalue weighted by Gasteiger charge is 2.23. The van der Waals surface area contributed by atoms with Crippen molar-refractivity contribution in [1.29, 1.82) is 0 Å². The summed E-state index contributed by atoms with van der Waals surface area (Å²) in [4.78, 5) is 23.3. The van der Waals surface area contributed by atoms with Gasteiger partial charge in [-0.2, -0.15) is 9.78 Å². The van der Waals surface area contributed by atoms with Gasteiger partial charge in [-0.25, -0.2) is 0 Å². The quantitative estimate of drug-likeness (QED) is 0.855. The lowest BCUT2D eigenvalue weighted by molar-refractivity contribution is -0.137. The number of rotatable bonds is 5. The first-order valence-electron chi connectivity index (χ1n) is 8.38. The van der Waals surface area contributed by atoms with Gasteiger partial charge in [-0.15, -0.1) is 0 Å². The Morgan fingerprint density at radius 1 is 1.16 bits per heavy atom. The van der Waals surface area contributed by atoms with E-state index in [1.807, 2.05) is 12.1 Å². The largest absolute Gasteiger partial charge is 0.481 e. The molecular formula is C18H20ClN3O3. The third-order valence-electron chi connectivity index (χ3n) is 4.29. The molecule has 0 radical (unpaired) electrons. The zero-order valence-electron chi connectivity index (χ0n) is 13.8. The van der Waals surface area contributed by atoms with Crippen LogP contribution in [0.4, 0.5) is 0 Å². The highest BCUT2D eigenvalue weighted by molar-refractivity contribution is 6.30. The van der Waals surface area contributed by atoms with E-state index in [2.05, 4.69) is 10.4 Å². The van der Waals surface area contributed by atoms with Crippen molar-refractivity contribution in [2.45, 2.75) is 32.1 Å². The van der Waals surface area contributed by atoms with Crippen molar-refractivity contribution in [3.8, 4) is 11.3 Å². The van der Waals surface area contributed by atoms with Crippen LogP contribution >= 0.6 is 11.6 Å². The summed E-state index contributed by atoms with van der Waals surface area (Å²) in [7, 11) is 0. The summed E-state index contributed by atoms with van der Waals surface area (Å²) in [6.07, 6.45) is 2.01. The SMILES string of the molecule is O=C(O)CCCC(=O)n1nc2c(c1-c1ccc(Cl)cc1)CCNCC2. The normalized spacial score (nSPS) is 14.0. The second-order valence-electron chi connectivity index (χ2n) is 6.08. The molecule has 1 aliphatic heterocycles. The van der Waals surface area contributed by atoms with Crippen molar-refractivity contribution in [3.05, 3.63) is 40.5 Å². The molecule has 0 bridgehead atoms. The number of aromatic nitrogens is 2. The van der Waals surface area contributed by atoms with Crippen LogP contribution in [0.1, 0.15) is 35.3 Å². The Morgan fingerprint density at radius 3 is 2.60 bits per heavy atom. The summed E-state index contributed by atoms with van der Waals surface area (Å²) in [5.74, 6) is -1.07. The average Bonchev–Trinajstić information content (AvgIpc) is 2.78. The maximum atomic E-state index is 12.7. The van der Waals surface area contributed by atoms with E-state index in [1.54, 1.807) is 12.1 Å². The topological polar surface area (TPSA) is 84.2 Å². The third-order valence-corrected chi connectivity index (χ3v) is 4.54. The molecule has 0 fully saturated rings. The van der Waals surface area contributed by atoms with E-state index in [0.717, 1.165) is 48.4 Å². The number of hydrogen-bond acceptors (Lipinski definition) is 4. The Balaban J connectivity index is 1.97. The molecule has 0 amide bonds. The molecule has 6 nitrogen and oxygen atoms in total. The molecule has 25 heavy (non-hydrogen) atoms. The van der Waals surface area contributed by atoms with E-state index in [0.29, 0.717) is 11.4 Å². The Labute approximate surface area is 150 Å². The Hall–Kier alpha value is -2.18. The smallest absolute Gasteiger partial charge is 0.303 e. The van der Waals surface area contributed by atoms with E-state index >= 15 is 0 Å². The molecule has 0 spiro atoms. The summed E-state index contributed by atoms with van der Waals surface area (Å²) in [6, 6.07) is 7.37. The van der Waals surface area contributed by atoms with Crippen molar-refractivity contribution < 1.29 is 14.7 Å². The van der Waals surface area contributed by atoms with Crippen molar-refractivity contribution >= 4 is 23.5 Å². The van der Waals surface area contributed by atoms with Crippen LogP contribution in [-0.2, 0) is 17.6 Å². The minimum absolute atomic E-state index is 0.0209. The monoisotopic (exact) mass is 361 g/mol. The summed E-state index contributed by atoms with van der Waals surface area (Å²) >= 11 is 5.99. The molecule has 2 aromatic rings. The molecule has 1 aromatic heterocycles. The predicted octanol–water partition coefficient (Wildman–Crippen LogP) is 2.79. The lowest BCUT2D eigenvalue weighted by atomic mass is 10.0. The number of benzene rings is 1. The van der Waals surface area contributed by atoms with Crippen LogP contribution in [0.3, 0.4) is 0 Å². The van der Waals surface area contributed by atoms with Gasteiger partial charge in [0.15, 0.2) is 0 Å². The predicted molar refractivity (Wildman–Crippen MR) is 95.1 cm³/mol. The maximum absolute atomic E-state index is 12.7. The van der Waals surface area contributed by atoms with Crippen LogP contribution in [0.25, 0.3) is 11.3 Å². The number of carboxylic acids is 1. The lowest BCUT2D eigenvalue weighted by Gasteiger charge is -2.09. The number of fused-ring (bicyclic) bond motifs is 1. The van der Waals surface area contributed by atoms with Crippen molar-refractivity contribution in [1.82, 2.24) is 15.1 Å². The molecule has 1 aliphatic rings. The first-order valence-corrected chi connectivity index (χ1v) is 8.76. The molecule has 0 saturated carbocycles. The number of nitrogens with one attached hydrogen (secondary N) is 1. The fourth-order valence-electron chi connectivity index (χ4n) is 3.09. The van der Waals surface area contributed by atoms with Gasteiger partial charge in [0.2, 0.25) is 5.91 Å². The molecule has 2 heterocycles. The lowest BCUT2D eigenvalue weighted by Crippen LogP contribution is -2.19. The van der Waals surface area contributed by atoms with Crippen LogP contribution in [0.5, 0.6) is 0 Å². The van der Waals surface area contributed by atoms with Gasteiger partial charge < -0.3 is 10.4 Å². The number of carbonyl (C=O) groups is 2. The summed E-state index contributed by atoms with van der Waals surface area (Å²) in [6.45, 7) is 1.67. The minimum Gasteiger partial charge on any atom is -0.481 e. The van der Waals surface area contributed by atoms with E-state index in [9.17, 15) is 9.59 Å². The number of carbonyl (C=O) groups excluding carboxylic acids is 1. The van der Waals surface area contributed by atoms with Gasteiger partial charge in [0.05, 0.1) is 11.4 Å². The molecule has 2 N–H and O–H groups in total. The van der Waals surface area contributed by atoms with Gasteiger partial charge >= 0.3 is 5.97 Å². The van der Waals surface area contributed by atoms with Crippen molar-refractivity contribution in [2.24, 2.45) is 0 Å². The minimum atomic E-state index is -0.895. The Morgan fingerprint density at radius 2 is 1.88 bits per heavy atom. The summed E-state index contributed by atoms with van der Waals surface area (Å²) in [5.41, 5.74) is 3.71. The van der Waals surface area contributed by atoms with E-state index in [4.69, 9.17) is 16.7 Å². The highest BCUT2D eigenvalue weighted by atomic mass is 35.5. The zero-order chi connectivity index (χ0) is 17.8. The molecule has 0 saturated heterocycles. The molecule has 7 heteroatoms. The van der Waals surface area contributed by atoms with Gasteiger partial charge in [0.25, 0.3) is 0 Å². The van der Waals surface area contributed by atoms with Crippen LogP contribution in [0, 0.1) is 0 Å².